The van der Waals surface area contributed by atoms with Crippen LogP contribution in [0.1, 0.15) is 49.9 Å². The molecule has 0 saturated carbocycles. The van der Waals surface area contributed by atoms with Crippen LogP contribution in [0.5, 0.6) is 0 Å². The molecule has 0 aromatic carbocycles. The van der Waals surface area contributed by atoms with Crippen molar-refractivity contribution in [2.75, 3.05) is 13.7 Å². The van der Waals surface area contributed by atoms with E-state index in [2.05, 4.69) is 10.3 Å². The average molecular weight is 364 g/mol. The predicted molar refractivity (Wildman–Crippen MR) is 92.8 cm³/mol. The van der Waals surface area contributed by atoms with Gasteiger partial charge < -0.3 is 19.8 Å². The van der Waals surface area contributed by atoms with Crippen molar-refractivity contribution in [3.63, 3.8) is 0 Å². The van der Waals surface area contributed by atoms with Crippen molar-refractivity contribution in [3.8, 4) is 0 Å². The third kappa shape index (κ3) is 4.27. The molecule has 2 N–H and O–H groups in total. The second-order valence-corrected chi connectivity index (χ2v) is 6.48. The van der Waals surface area contributed by atoms with Crippen LogP contribution in [-0.2, 0) is 14.3 Å². The van der Waals surface area contributed by atoms with Crippen molar-refractivity contribution >= 4 is 29.2 Å². The number of aromatic nitrogens is 1. The Morgan fingerprint density at radius 3 is 2.60 bits per heavy atom. The van der Waals surface area contributed by atoms with Gasteiger partial charge in [-0.2, -0.15) is 0 Å². The zero-order chi connectivity index (χ0) is 18.6. The van der Waals surface area contributed by atoms with Gasteiger partial charge in [-0.05, 0) is 37.8 Å². The number of H-pyrrole nitrogens is 1. The standard InChI is InChI=1S/C17H20N2O5S/c1-9-14(16(21)23-4)11(3)19-15(9)17(22)24-8-13(20)18-10(2)12-6-5-7-25-12/h5-7,10,19H,8H2,1-4H3,(H,18,20)/t10-/m0/s1. The SMILES string of the molecule is COC(=O)c1c(C)[nH]c(C(=O)OCC(=O)N[C@@H](C)c2cccs2)c1C. The average Bonchev–Trinajstić information content (AvgIpc) is 3.20. The van der Waals surface area contributed by atoms with Crippen LogP contribution in [0.4, 0.5) is 0 Å². The lowest BCUT2D eigenvalue weighted by molar-refractivity contribution is -0.124. The zero-order valence-corrected chi connectivity index (χ0v) is 15.3. The fourth-order valence-electron chi connectivity index (χ4n) is 2.46. The number of methoxy groups -OCH3 is 1. The lowest BCUT2D eigenvalue weighted by Gasteiger charge is -2.12. The van der Waals surface area contributed by atoms with E-state index in [1.54, 1.807) is 13.8 Å². The van der Waals surface area contributed by atoms with E-state index < -0.39 is 24.5 Å². The fourth-order valence-corrected chi connectivity index (χ4v) is 3.19. The smallest absolute Gasteiger partial charge is 0.355 e. The highest BCUT2D eigenvalue weighted by atomic mass is 32.1. The Labute approximate surface area is 149 Å². The van der Waals surface area contributed by atoms with Crippen molar-refractivity contribution in [2.24, 2.45) is 0 Å². The van der Waals surface area contributed by atoms with Crippen LogP contribution >= 0.6 is 11.3 Å². The first-order valence-electron chi connectivity index (χ1n) is 7.62. The van der Waals surface area contributed by atoms with E-state index in [1.165, 1.54) is 18.4 Å². The molecule has 0 aliphatic heterocycles. The number of hydrogen-bond acceptors (Lipinski definition) is 6. The van der Waals surface area contributed by atoms with Crippen molar-refractivity contribution in [2.45, 2.75) is 26.8 Å². The molecule has 25 heavy (non-hydrogen) atoms. The van der Waals surface area contributed by atoms with Crippen molar-refractivity contribution in [1.82, 2.24) is 10.3 Å². The molecule has 1 atom stereocenters. The number of ether oxygens (including phenoxy) is 2. The van der Waals surface area contributed by atoms with Gasteiger partial charge in [0.1, 0.15) is 5.69 Å². The topological polar surface area (TPSA) is 97.5 Å². The molecule has 0 fully saturated rings. The number of rotatable bonds is 6. The van der Waals surface area contributed by atoms with Gasteiger partial charge in [-0.15, -0.1) is 11.3 Å². The van der Waals surface area contributed by atoms with E-state index in [-0.39, 0.29) is 11.7 Å². The van der Waals surface area contributed by atoms with E-state index in [9.17, 15) is 14.4 Å². The second-order valence-electron chi connectivity index (χ2n) is 5.50. The largest absolute Gasteiger partial charge is 0.465 e. The first-order chi connectivity index (χ1) is 11.8. The van der Waals surface area contributed by atoms with E-state index in [4.69, 9.17) is 9.47 Å². The summed E-state index contributed by atoms with van der Waals surface area (Å²) in [6.45, 7) is 4.73. The minimum absolute atomic E-state index is 0.136. The van der Waals surface area contributed by atoms with E-state index in [0.29, 0.717) is 16.8 Å². The van der Waals surface area contributed by atoms with Gasteiger partial charge >= 0.3 is 11.9 Å². The van der Waals surface area contributed by atoms with Gasteiger partial charge in [0.15, 0.2) is 6.61 Å². The number of carbonyl (C=O) groups excluding carboxylic acids is 3. The van der Waals surface area contributed by atoms with E-state index >= 15 is 0 Å². The molecule has 2 rings (SSSR count). The summed E-state index contributed by atoms with van der Waals surface area (Å²) in [6, 6.07) is 3.66. The summed E-state index contributed by atoms with van der Waals surface area (Å²) in [4.78, 5) is 39.7. The van der Waals surface area contributed by atoms with Crippen molar-refractivity contribution in [3.05, 3.63) is 44.9 Å². The van der Waals surface area contributed by atoms with Crippen molar-refractivity contribution < 1.29 is 23.9 Å². The molecule has 2 aromatic rings. The number of nitrogens with one attached hydrogen (secondary N) is 2. The molecular formula is C17H20N2O5S. The Morgan fingerprint density at radius 1 is 1.28 bits per heavy atom. The van der Waals surface area contributed by atoms with Gasteiger partial charge in [-0.1, -0.05) is 6.07 Å². The summed E-state index contributed by atoms with van der Waals surface area (Å²) < 4.78 is 9.73. The Balaban J connectivity index is 1.96. The van der Waals surface area contributed by atoms with Gasteiger partial charge in [0.25, 0.3) is 5.91 Å². The zero-order valence-electron chi connectivity index (χ0n) is 14.5. The molecule has 1 amide bonds. The summed E-state index contributed by atoms with van der Waals surface area (Å²) in [6.07, 6.45) is 0. The number of aromatic amines is 1. The Bertz CT molecular complexity index is 779. The third-order valence-electron chi connectivity index (χ3n) is 3.71. The minimum atomic E-state index is -0.699. The van der Waals surface area contributed by atoms with Crippen LogP contribution in [0.25, 0.3) is 0 Å². The fraction of sp³-hybridized carbons (Fsp3) is 0.353. The molecule has 134 valence electrons. The molecule has 0 saturated heterocycles. The van der Waals surface area contributed by atoms with Gasteiger partial charge in [0.05, 0.1) is 18.7 Å². The predicted octanol–water partition coefficient (Wildman–Crippen LogP) is 2.51. The Hall–Kier alpha value is -2.61. The van der Waals surface area contributed by atoms with Gasteiger partial charge in [-0.25, -0.2) is 9.59 Å². The molecule has 2 aromatic heterocycles. The number of carbonyl (C=O) groups is 3. The molecule has 0 spiro atoms. The highest BCUT2D eigenvalue weighted by Gasteiger charge is 2.24. The highest BCUT2D eigenvalue weighted by Crippen LogP contribution is 2.20. The lowest BCUT2D eigenvalue weighted by Crippen LogP contribution is -2.30. The summed E-state index contributed by atoms with van der Waals surface area (Å²) >= 11 is 1.53. The number of amides is 1. The quantitative estimate of drug-likeness (QED) is 0.768. The molecule has 2 heterocycles. The Kier molecular flexibility index (Phi) is 5.97. The molecule has 0 unspecified atom stereocenters. The molecule has 0 bridgehead atoms. The molecule has 0 aliphatic carbocycles. The summed E-state index contributed by atoms with van der Waals surface area (Å²) in [5.41, 5.74) is 1.37. The molecule has 0 aliphatic rings. The molecule has 0 radical (unpaired) electrons. The summed E-state index contributed by atoms with van der Waals surface area (Å²) in [5.74, 6) is -1.63. The van der Waals surface area contributed by atoms with Crippen LogP contribution in [0, 0.1) is 13.8 Å². The molecule has 8 heteroatoms. The summed E-state index contributed by atoms with van der Waals surface area (Å²) in [7, 11) is 1.27. The van der Waals surface area contributed by atoms with Gasteiger partial charge in [0, 0.05) is 10.6 Å². The highest BCUT2D eigenvalue weighted by molar-refractivity contribution is 7.10. The van der Waals surface area contributed by atoms with Gasteiger partial charge in [-0.3, -0.25) is 4.79 Å². The minimum Gasteiger partial charge on any atom is -0.465 e. The van der Waals surface area contributed by atoms with E-state index in [0.717, 1.165) is 4.88 Å². The Morgan fingerprint density at radius 2 is 2.00 bits per heavy atom. The maximum absolute atomic E-state index is 12.2. The summed E-state index contributed by atoms with van der Waals surface area (Å²) in [5, 5.41) is 4.68. The van der Waals surface area contributed by atoms with Gasteiger partial charge in [0.2, 0.25) is 0 Å². The molecule has 7 nitrogen and oxygen atoms in total. The monoisotopic (exact) mass is 364 g/mol. The van der Waals surface area contributed by atoms with Crippen molar-refractivity contribution in [1.29, 1.82) is 0 Å². The number of aryl methyl sites for hydroxylation is 1. The first kappa shape index (κ1) is 18.7. The second kappa shape index (κ2) is 7.98. The normalized spacial score (nSPS) is 11.7. The van der Waals surface area contributed by atoms with Crippen LogP contribution in [0.3, 0.4) is 0 Å². The van der Waals surface area contributed by atoms with Crippen LogP contribution in [0.15, 0.2) is 17.5 Å². The van der Waals surface area contributed by atoms with Crippen LogP contribution in [0.2, 0.25) is 0 Å². The maximum Gasteiger partial charge on any atom is 0.355 e. The number of thiophene rings is 1. The lowest BCUT2D eigenvalue weighted by atomic mass is 10.1. The molecular weight excluding hydrogens is 344 g/mol. The third-order valence-corrected chi connectivity index (χ3v) is 4.77. The van der Waals surface area contributed by atoms with Crippen LogP contribution in [-0.4, -0.2) is 36.5 Å². The maximum atomic E-state index is 12.2. The number of esters is 2. The van der Waals surface area contributed by atoms with E-state index in [1.807, 2.05) is 24.4 Å². The number of hydrogen-bond donors (Lipinski definition) is 2. The van der Waals surface area contributed by atoms with Crippen LogP contribution < -0.4 is 5.32 Å². The first-order valence-corrected chi connectivity index (χ1v) is 8.50.